The van der Waals surface area contributed by atoms with Crippen molar-refractivity contribution < 1.29 is 10.2 Å². The summed E-state index contributed by atoms with van der Waals surface area (Å²) >= 11 is 0. The Bertz CT molecular complexity index is 279. The topological polar surface area (TPSA) is 40.5 Å². The van der Waals surface area contributed by atoms with Crippen LogP contribution in [-0.2, 0) is 0 Å². The van der Waals surface area contributed by atoms with Crippen molar-refractivity contribution in [1.82, 2.24) is 0 Å². The molecule has 0 bridgehead atoms. The van der Waals surface area contributed by atoms with Gasteiger partial charge in [-0.15, -0.1) is 0 Å². The lowest BCUT2D eigenvalue weighted by atomic mass is 9.72. The SMILES string of the molecule is CCCC1=CC(C(C)(C)C)C(O)(O)C=C1. The Morgan fingerprint density at radius 2 is 1.93 bits per heavy atom. The highest BCUT2D eigenvalue weighted by Crippen LogP contribution is 2.39. The van der Waals surface area contributed by atoms with E-state index in [0.29, 0.717) is 0 Å². The van der Waals surface area contributed by atoms with Crippen molar-refractivity contribution in [2.45, 2.75) is 46.3 Å². The van der Waals surface area contributed by atoms with Crippen LogP contribution in [0.4, 0.5) is 0 Å². The van der Waals surface area contributed by atoms with E-state index in [9.17, 15) is 10.2 Å². The first-order valence-corrected chi connectivity index (χ1v) is 5.62. The Labute approximate surface area is 92.3 Å². The minimum Gasteiger partial charge on any atom is -0.362 e. The molecule has 1 aliphatic carbocycles. The minimum atomic E-state index is -1.70. The van der Waals surface area contributed by atoms with Crippen molar-refractivity contribution in [3.8, 4) is 0 Å². The van der Waals surface area contributed by atoms with Crippen molar-refractivity contribution >= 4 is 0 Å². The summed E-state index contributed by atoms with van der Waals surface area (Å²) in [5.41, 5.74) is 1.06. The van der Waals surface area contributed by atoms with Crippen LogP contribution in [0.3, 0.4) is 0 Å². The van der Waals surface area contributed by atoms with Gasteiger partial charge in [0.05, 0.1) is 0 Å². The van der Waals surface area contributed by atoms with Gasteiger partial charge in [0.2, 0.25) is 0 Å². The Morgan fingerprint density at radius 1 is 1.33 bits per heavy atom. The highest BCUT2D eigenvalue weighted by atomic mass is 16.5. The Morgan fingerprint density at radius 3 is 2.40 bits per heavy atom. The second-order valence-electron chi connectivity index (χ2n) is 5.45. The molecule has 1 aliphatic rings. The number of hydrogen-bond acceptors (Lipinski definition) is 2. The zero-order valence-electron chi connectivity index (χ0n) is 10.1. The van der Waals surface area contributed by atoms with Gasteiger partial charge in [-0.3, -0.25) is 0 Å². The van der Waals surface area contributed by atoms with Crippen LogP contribution in [0, 0.1) is 11.3 Å². The smallest absolute Gasteiger partial charge is 0.189 e. The average molecular weight is 210 g/mol. The number of rotatable bonds is 2. The summed E-state index contributed by atoms with van der Waals surface area (Å²) < 4.78 is 0. The van der Waals surface area contributed by atoms with Crippen LogP contribution < -0.4 is 0 Å². The van der Waals surface area contributed by atoms with Gasteiger partial charge in [0.15, 0.2) is 5.79 Å². The Hall–Kier alpha value is -0.600. The summed E-state index contributed by atoms with van der Waals surface area (Å²) in [6, 6.07) is 0. The summed E-state index contributed by atoms with van der Waals surface area (Å²) in [6.45, 7) is 8.20. The van der Waals surface area contributed by atoms with E-state index in [1.165, 1.54) is 11.6 Å². The first-order chi connectivity index (χ1) is 6.77. The van der Waals surface area contributed by atoms with Crippen molar-refractivity contribution in [3.05, 3.63) is 23.8 Å². The van der Waals surface area contributed by atoms with E-state index < -0.39 is 5.79 Å². The zero-order chi connectivity index (χ0) is 11.7. The molecule has 0 heterocycles. The van der Waals surface area contributed by atoms with Crippen molar-refractivity contribution in [2.75, 3.05) is 0 Å². The molecule has 0 aliphatic heterocycles. The molecular formula is C13H22O2. The zero-order valence-corrected chi connectivity index (χ0v) is 10.1. The molecule has 1 unspecified atom stereocenters. The summed E-state index contributed by atoms with van der Waals surface area (Å²) in [6.07, 6.45) is 7.42. The van der Waals surface area contributed by atoms with Crippen LogP contribution in [0.1, 0.15) is 40.5 Å². The highest BCUT2D eigenvalue weighted by molar-refractivity contribution is 5.29. The molecule has 0 saturated heterocycles. The second kappa shape index (κ2) is 4.11. The minimum absolute atomic E-state index is 0.146. The van der Waals surface area contributed by atoms with Gasteiger partial charge in [-0.1, -0.05) is 51.8 Å². The van der Waals surface area contributed by atoms with E-state index in [1.807, 2.05) is 32.9 Å². The molecule has 2 N–H and O–H groups in total. The molecule has 15 heavy (non-hydrogen) atoms. The van der Waals surface area contributed by atoms with Crippen LogP contribution in [0.2, 0.25) is 0 Å². The van der Waals surface area contributed by atoms with Gasteiger partial charge < -0.3 is 10.2 Å². The monoisotopic (exact) mass is 210 g/mol. The van der Waals surface area contributed by atoms with E-state index in [4.69, 9.17) is 0 Å². The van der Waals surface area contributed by atoms with Crippen LogP contribution in [0.15, 0.2) is 23.8 Å². The van der Waals surface area contributed by atoms with E-state index >= 15 is 0 Å². The molecular weight excluding hydrogens is 188 g/mol. The van der Waals surface area contributed by atoms with Gasteiger partial charge in [0, 0.05) is 5.92 Å². The summed E-state index contributed by atoms with van der Waals surface area (Å²) in [5, 5.41) is 19.8. The van der Waals surface area contributed by atoms with Gasteiger partial charge in [-0.05, 0) is 17.9 Å². The molecule has 0 aromatic heterocycles. The molecule has 1 rings (SSSR count). The van der Waals surface area contributed by atoms with Crippen molar-refractivity contribution in [3.63, 3.8) is 0 Å². The van der Waals surface area contributed by atoms with Gasteiger partial charge >= 0.3 is 0 Å². The van der Waals surface area contributed by atoms with E-state index in [0.717, 1.165) is 12.8 Å². The molecule has 0 aromatic carbocycles. The molecule has 86 valence electrons. The molecule has 1 atom stereocenters. The fourth-order valence-electron chi connectivity index (χ4n) is 2.07. The predicted octanol–water partition coefficient (Wildman–Crippen LogP) is 2.63. The number of hydrogen-bond donors (Lipinski definition) is 2. The third-order valence-electron chi connectivity index (χ3n) is 2.85. The maximum Gasteiger partial charge on any atom is 0.189 e. The summed E-state index contributed by atoms with van der Waals surface area (Å²) in [7, 11) is 0. The van der Waals surface area contributed by atoms with Crippen molar-refractivity contribution in [1.29, 1.82) is 0 Å². The quantitative estimate of drug-likeness (QED) is 0.688. The lowest BCUT2D eigenvalue weighted by Crippen LogP contribution is -2.43. The fourth-order valence-corrected chi connectivity index (χ4v) is 2.07. The first kappa shape index (κ1) is 12.5. The van der Waals surface area contributed by atoms with Crippen LogP contribution in [0.25, 0.3) is 0 Å². The molecule has 0 saturated carbocycles. The molecule has 0 radical (unpaired) electrons. The standard InChI is InChI=1S/C13H22O2/c1-5-6-10-7-8-13(14,15)11(9-10)12(2,3)4/h7-9,11,14-15H,5-6H2,1-4H3. The summed E-state index contributed by atoms with van der Waals surface area (Å²) in [4.78, 5) is 0. The highest BCUT2D eigenvalue weighted by Gasteiger charge is 2.40. The van der Waals surface area contributed by atoms with Gasteiger partial charge in [-0.2, -0.15) is 0 Å². The first-order valence-electron chi connectivity index (χ1n) is 5.62. The molecule has 0 amide bonds. The van der Waals surface area contributed by atoms with Gasteiger partial charge in [0.25, 0.3) is 0 Å². The van der Waals surface area contributed by atoms with Crippen molar-refractivity contribution in [2.24, 2.45) is 11.3 Å². The largest absolute Gasteiger partial charge is 0.362 e. The van der Waals surface area contributed by atoms with E-state index in [2.05, 4.69) is 6.92 Å². The molecule has 0 aromatic rings. The fraction of sp³-hybridized carbons (Fsp3) is 0.692. The average Bonchev–Trinajstić information content (AvgIpc) is 2.06. The molecule has 2 nitrogen and oxygen atoms in total. The molecule has 2 heteroatoms. The molecule has 0 fully saturated rings. The lowest BCUT2D eigenvalue weighted by Gasteiger charge is -2.39. The Kier molecular flexibility index (Phi) is 3.41. The lowest BCUT2D eigenvalue weighted by molar-refractivity contribution is -0.170. The number of aliphatic hydroxyl groups is 2. The third kappa shape index (κ3) is 2.93. The van der Waals surface area contributed by atoms with Gasteiger partial charge in [-0.25, -0.2) is 0 Å². The molecule has 0 spiro atoms. The summed E-state index contributed by atoms with van der Waals surface area (Å²) in [5.74, 6) is -1.94. The normalized spacial score (nSPS) is 25.2. The number of allylic oxidation sites excluding steroid dienone is 2. The van der Waals surface area contributed by atoms with Gasteiger partial charge in [0.1, 0.15) is 0 Å². The third-order valence-corrected chi connectivity index (χ3v) is 2.85. The van der Waals surface area contributed by atoms with Crippen LogP contribution in [-0.4, -0.2) is 16.0 Å². The Balaban J connectivity index is 2.95. The second-order valence-corrected chi connectivity index (χ2v) is 5.45. The maximum absolute atomic E-state index is 9.88. The van der Waals surface area contributed by atoms with E-state index in [-0.39, 0.29) is 11.3 Å². The maximum atomic E-state index is 9.88. The predicted molar refractivity (Wildman–Crippen MR) is 62.2 cm³/mol. The van der Waals surface area contributed by atoms with Crippen LogP contribution >= 0.6 is 0 Å². The van der Waals surface area contributed by atoms with E-state index in [1.54, 1.807) is 0 Å². The van der Waals surface area contributed by atoms with Crippen LogP contribution in [0.5, 0.6) is 0 Å².